The second kappa shape index (κ2) is 10.6. The number of hydrogen-bond donors (Lipinski definition) is 1. The summed E-state index contributed by atoms with van der Waals surface area (Å²) in [6.07, 6.45) is 6.68. The molecule has 0 amide bonds. The summed E-state index contributed by atoms with van der Waals surface area (Å²) < 4.78 is 13.2. The number of pyridine rings is 1. The van der Waals surface area contributed by atoms with Crippen molar-refractivity contribution in [3.63, 3.8) is 0 Å². The minimum atomic E-state index is -0.0655. The molecular weight excluding hydrogens is 480 g/mol. The van der Waals surface area contributed by atoms with Gasteiger partial charge in [-0.1, -0.05) is 50.5 Å². The van der Waals surface area contributed by atoms with E-state index in [-0.39, 0.29) is 18.4 Å². The minimum Gasteiger partial charge on any atom is -0.454 e. The summed E-state index contributed by atoms with van der Waals surface area (Å²) in [5.41, 5.74) is 3.68. The van der Waals surface area contributed by atoms with Gasteiger partial charge in [-0.15, -0.1) is 5.10 Å². The molecule has 0 unspecified atom stereocenters. The predicted molar refractivity (Wildman–Crippen MR) is 144 cm³/mol. The molecule has 1 fully saturated rings. The molecule has 1 aliphatic carbocycles. The zero-order valence-electron chi connectivity index (χ0n) is 22.0. The van der Waals surface area contributed by atoms with E-state index in [1.54, 1.807) is 0 Å². The lowest BCUT2D eigenvalue weighted by molar-refractivity contribution is 0.155. The van der Waals surface area contributed by atoms with Gasteiger partial charge in [-0.3, -0.25) is 9.69 Å². The fourth-order valence-corrected chi connectivity index (χ4v) is 5.92. The Morgan fingerprint density at radius 3 is 2.76 bits per heavy atom. The van der Waals surface area contributed by atoms with Crippen LogP contribution in [0.1, 0.15) is 80.0 Å². The third-order valence-electron chi connectivity index (χ3n) is 7.93. The molecule has 4 aromatic rings. The number of hydrogen-bond acceptors (Lipinski definition) is 7. The molecule has 9 nitrogen and oxygen atoms in total. The number of aryl methyl sites for hydroxylation is 1. The molecule has 1 atom stereocenters. The molecule has 2 aromatic carbocycles. The van der Waals surface area contributed by atoms with Crippen LogP contribution in [-0.4, -0.2) is 36.9 Å². The fourth-order valence-electron chi connectivity index (χ4n) is 5.92. The van der Waals surface area contributed by atoms with Crippen molar-refractivity contribution in [3.8, 4) is 11.5 Å². The maximum atomic E-state index is 13.3. The van der Waals surface area contributed by atoms with Gasteiger partial charge >= 0.3 is 0 Å². The summed E-state index contributed by atoms with van der Waals surface area (Å²) in [4.78, 5) is 18.7. The molecule has 3 heterocycles. The van der Waals surface area contributed by atoms with Gasteiger partial charge in [-0.25, -0.2) is 4.68 Å². The highest BCUT2D eigenvalue weighted by atomic mass is 16.7. The van der Waals surface area contributed by atoms with E-state index < -0.39 is 0 Å². The van der Waals surface area contributed by atoms with Crippen LogP contribution in [0.25, 0.3) is 10.9 Å². The molecule has 0 saturated heterocycles. The summed E-state index contributed by atoms with van der Waals surface area (Å²) in [6.45, 7) is 5.48. The van der Waals surface area contributed by atoms with Crippen LogP contribution in [0.15, 0.2) is 47.3 Å². The molecule has 9 heteroatoms. The van der Waals surface area contributed by atoms with E-state index in [2.05, 4.69) is 38.4 Å². The maximum Gasteiger partial charge on any atom is 0.252 e. The number of rotatable bonds is 8. The molecule has 1 aliphatic heterocycles. The van der Waals surface area contributed by atoms with Crippen LogP contribution in [0.2, 0.25) is 0 Å². The zero-order chi connectivity index (χ0) is 26.1. The first-order valence-corrected chi connectivity index (χ1v) is 13.6. The van der Waals surface area contributed by atoms with Crippen LogP contribution < -0.4 is 15.0 Å². The van der Waals surface area contributed by atoms with Crippen molar-refractivity contribution in [2.45, 2.75) is 77.5 Å². The summed E-state index contributed by atoms with van der Waals surface area (Å²) in [5.74, 6) is 2.38. The third kappa shape index (κ3) is 4.78. The number of nitrogens with zero attached hydrogens (tertiary/aromatic N) is 5. The number of aromatic amines is 1. The number of nitrogens with one attached hydrogen (secondary N) is 1. The lowest BCUT2D eigenvalue weighted by Crippen LogP contribution is -2.33. The number of para-hydroxylation sites is 1. The maximum absolute atomic E-state index is 13.3. The van der Waals surface area contributed by atoms with E-state index in [9.17, 15) is 4.79 Å². The van der Waals surface area contributed by atoms with Crippen LogP contribution in [0.4, 0.5) is 0 Å². The van der Waals surface area contributed by atoms with Gasteiger partial charge in [-0.05, 0) is 71.3 Å². The van der Waals surface area contributed by atoms with Crippen molar-refractivity contribution in [2.24, 2.45) is 0 Å². The normalized spacial score (nSPS) is 16.4. The standard InChI is InChI=1S/C29H34N6O3/c1-3-24(28-31-32-33-35(28)23-10-5-4-6-11-23)34(16-20-12-13-25-26(14-20)38-18-37-25)17-22-15-21-9-7-8-19(2)27(21)30-29(22)36/h7-9,12-15,23-24H,3-6,10-11,16-18H2,1-2H3,(H,30,36)/t24-/m1/s1. The summed E-state index contributed by atoms with van der Waals surface area (Å²) in [5, 5.41) is 14.1. The molecular formula is C29H34N6O3. The first kappa shape index (κ1) is 24.6. The van der Waals surface area contributed by atoms with E-state index in [4.69, 9.17) is 9.47 Å². The SMILES string of the molecule is CC[C@H](c1nnnn1C1CCCCC1)N(Cc1ccc2c(c1)OCO2)Cc1cc2cccc(C)c2[nH]c1=O. The lowest BCUT2D eigenvalue weighted by Gasteiger charge is -2.32. The monoisotopic (exact) mass is 514 g/mol. The Morgan fingerprint density at radius 1 is 1.08 bits per heavy atom. The van der Waals surface area contributed by atoms with Gasteiger partial charge in [0.25, 0.3) is 5.56 Å². The first-order chi connectivity index (χ1) is 18.6. The van der Waals surface area contributed by atoms with E-state index >= 15 is 0 Å². The summed E-state index contributed by atoms with van der Waals surface area (Å²) in [7, 11) is 0. The van der Waals surface area contributed by atoms with Gasteiger partial charge in [0.2, 0.25) is 6.79 Å². The van der Waals surface area contributed by atoms with Crippen molar-refractivity contribution in [1.82, 2.24) is 30.1 Å². The highest BCUT2D eigenvalue weighted by Crippen LogP contribution is 2.35. The van der Waals surface area contributed by atoms with Gasteiger partial charge in [0.05, 0.1) is 17.6 Å². The van der Waals surface area contributed by atoms with Crippen LogP contribution in [0, 0.1) is 6.92 Å². The number of aromatic nitrogens is 5. The molecule has 0 radical (unpaired) electrons. The summed E-state index contributed by atoms with van der Waals surface area (Å²) in [6, 6.07) is 14.4. The average Bonchev–Trinajstić information content (AvgIpc) is 3.60. The Morgan fingerprint density at radius 2 is 1.92 bits per heavy atom. The molecule has 38 heavy (non-hydrogen) atoms. The number of benzene rings is 2. The fraction of sp³-hybridized carbons (Fsp3) is 0.448. The molecule has 0 bridgehead atoms. The Hall–Kier alpha value is -3.72. The van der Waals surface area contributed by atoms with Crippen molar-refractivity contribution in [2.75, 3.05) is 6.79 Å². The first-order valence-electron chi connectivity index (χ1n) is 13.6. The molecule has 2 aliphatic rings. The second-order valence-corrected chi connectivity index (χ2v) is 10.5. The van der Waals surface area contributed by atoms with Crippen molar-refractivity contribution in [3.05, 3.63) is 75.3 Å². The predicted octanol–water partition coefficient (Wildman–Crippen LogP) is 5.21. The number of ether oxygens (including phenoxy) is 2. The van der Waals surface area contributed by atoms with Crippen LogP contribution in [-0.2, 0) is 13.1 Å². The van der Waals surface area contributed by atoms with E-state index in [0.717, 1.165) is 64.2 Å². The Bertz CT molecular complexity index is 1490. The summed E-state index contributed by atoms with van der Waals surface area (Å²) >= 11 is 0. The van der Waals surface area contributed by atoms with E-state index in [1.165, 1.54) is 19.3 Å². The number of fused-ring (bicyclic) bond motifs is 2. The molecule has 198 valence electrons. The quantitative estimate of drug-likeness (QED) is 0.345. The molecule has 0 spiro atoms. The van der Waals surface area contributed by atoms with Crippen molar-refractivity contribution in [1.29, 1.82) is 0 Å². The molecule has 1 saturated carbocycles. The average molecular weight is 515 g/mol. The number of tetrazole rings is 1. The van der Waals surface area contributed by atoms with E-state index in [0.29, 0.717) is 19.1 Å². The molecule has 1 N–H and O–H groups in total. The Labute approximate surface area is 221 Å². The smallest absolute Gasteiger partial charge is 0.252 e. The number of H-pyrrole nitrogens is 1. The Balaban J connectivity index is 1.38. The Kier molecular flexibility index (Phi) is 6.84. The van der Waals surface area contributed by atoms with Crippen LogP contribution >= 0.6 is 0 Å². The van der Waals surface area contributed by atoms with Gasteiger partial charge in [0.15, 0.2) is 17.3 Å². The van der Waals surface area contributed by atoms with Gasteiger partial charge in [0.1, 0.15) is 0 Å². The highest BCUT2D eigenvalue weighted by Gasteiger charge is 2.29. The van der Waals surface area contributed by atoms with Crippen LogP contribution in [0.3, 0.4) is 0 Å². The lowest BCUT2D eigenvalue weighted by atomic mass is 9.95. The topological polar surface area (TPSA) is 98.2 Å². The van der Waals surface area contributed by atoms with Gasteiger partial charge in [-0.2, -0.15) is 0 Å². The third-order valence-corrected chi connectivity index (χ3v) is 7.93. The zero-order valence-corrected chi connectivity index (χ0v) is 22.0. The van der Waals surface area contributed by atoms with Gasteiger partial charge in [0, 0.05) is 18.7 Å². The second-order valence-electron chi connectivity index (χ2n) is 10.5. The van der Waals surface area contributed by atoms with Gasteiger partial charge < -0.3 is 14.5 Å². The minimum absolute atomic E-state index is 0.0649. The molecule has 2 aromatic heterocycles. The van der Waals surface area contributed by atoms with Crippen LogP contribution in [0.5, 0.6) is 11.5 Å². The van der Waals surface area contributed by atoms with Crippen molar-refractivity contribution < 1.29 is 9.47 Å². The highest BCUT2D eigenvalue weighted by molar-refractivity contribution is 5.81. The largest absolute Gasteiger partial charge is 0.454 e. The van der Waals surface area contributed by atoms with E-state index in [1.807, 2.05) is 48.0 Å². The van der Waals surface area contributed by atoms with Crippen molar-refractivity contribution >= 4 is 10.9 Å². The molecule has 6 rings (SSSR count).